The third-order valence-electron chi connectivity index (χ3n) is 3.48. The summed E-state index contributed by atoms with van der Waals surface area (Å²) in [5.74, 6) is -1.67. The number of nitrogens with one attached hydrogen (secondary N) is 1. The maximum absolute atomic E-state index is 13.2. The van der Waals surface area contributed by atoms with E-state index in [1.54, 1.807) is 0 Å². The molecular weight excluding hydrogens is 252 g/mol. The zero-order chi connectivity index (χ0) is 14.0. The molecule has 2 unspecified atom stereocenters. The van der Waals surface area contributed by atoms with Crippen LogP contribution in [0, 0.1) is 11.6 Å². The number of hydrogen-bond acceptors (Lipinski definition) is 3. The van der Waals surface area contributed by atoms with E-state index >= 15 is 0 Å². The molecule has 1 aliphatic heterocycles. The number of benzene rings is 1. The maximum atomic E-state index is 13.2. The summed E-state index contributed by atoms with van der Waals surface area (Å²) >= 11 is 0. The number of hydrogen-bond donors (Lipinski definition) is 2. The highest BCUT2D eigenvalue weighted by atomic mass is 19.1. The second-order valence-electron chi connectivity index (χ2n) is 4.74. The molecule has 0 spiro atoms. The molecule has 2 atom stereocenters. The van der Waals surface area contributed by atoms with E-state index in [9.17, 15) is 13.6 Å². The fourth-order valence-corrected chi connectivity index (χ4v) is 2.46. The van der Waals surface area contributed by atoms with E-state index in [2.05, 4.69) is 5.32 Å². The maximum Gasteiger partial charge on any atom is 0.236 e. The molecular formula is C13H17F2N3O. The van der Waals surface area contributed by atoms with E-state index in [-0.39, 0.29) is 6.04 Å². The summed E-state index contributed by atoms with van der Waals surface area (Å²) < 4.78 is 26.5. The summed E-state index contributed by atoms with van der Waals surface area (Å²) in [5.41, 5.74) is 5.87. The minimum absolute atomic E-state index is 0.273. The van der Waals surface area contributed by atoms with Crippen LogP contribution in [0.3, 0.4) is 0 Å². The Bertz CT molecular complexity index is 461. The van der Waals surface area contributed by atoms with Gasteiger partial charge in [-0.15, -0.1) is 0 Å². The van der Waals surface area contributed by atoms with E-state index in [1.165, 1.54) is 12.1 Å². The molecule has 0 aliphatic carbocycles. The second kappa shape index (κ2) is 5.63. The van der Waals surface area contributed by atoms with Crippen LogP contribution < -0.4 is 11.1 Å². The standard InChI is InChI=1S/C13H17F2N3O/c1-8(9-4-10(14)6-11(15)5-9)18-3-2-17-7-12(18)13(16)19/h4-6,8,12,17H,2-3,7H2,1H3,(H2,16,19). The van der Waals surface area contributed by atoms with E-state index in [0.29, 0.717) is 25.2 Å². The monoisotopic (exact) mass is 269 g/mol. The normalized spacial score (nSPS) is 22.2. The summed E-state index contributed by atoms with van der Waals surface area (Å²) in [5, 5.41) is 3.08. The van der Waals surface area contributed by atoms with E-state index in [4.69, 9.17) is 5.73 Å². The van der Waals surface area contributed by atoms with Crippen molar-refractivity contribution in [2.45, 2.75) is 19.0 Å². The number of piperazine rings is 1. The largest absolute Gasteiger partial charge is 0.368 e. The molecule has 1 amide bonds. The quantitative estimate of drug-likeness (QED) is 0.852. The average Bonchev–Trinajstić information content (AvgIpc) is 2.36. The smallest absolute Gasteiger partial charge is 0.236 e. The summed E-state index contributed by atoms with van der Waals surface area (Å²) in [6.07, 6.45) is 0. The summed E-state index contributed by atoms with van der Waals surface area (Å²) in [7, 11) is 0. The Labute approximate surface area is 110 Å². The molecule has 1 aromatic rings. The van der Waals surface area contributed by atoms with Crippen LogP contribution in [0.2, 0.25) is 0 Å². The van der Waals surface area contributed by atoms with Crippen molar-refractivity contribution < 1.29 is 13.6 Å². The Kier molecular flexibility index (Phi) is 4.11. The molecule has 0 bridgehead atoms. The Morgan fingerprint density at radius 1 is 1.42 bits per heavy atom. The Hall–Kier alpha value is -1.53. The van der Waals surface area contributed by atoms with Crippen molar-refractivity contribution >= 4 is 5.91 Å². The molecule has 0 saturated carbocycles. The molecule has 1 aliphatic rings. The summed E-state index contributed by atoms with van der Waals surface area (Å²) in [6.45, 7) is 3.59. The molecule has 1 aromatic carbocycles. The zero-order valence-electron chi connectivity index (χ0n) is 10.7. The molecule has 3 N–H and O–H groups in total. The van der Waals surface area contributed by atoms with Gasteiger partial charge < -0.3 is 11.1 Å². The van der Waals surface area contributed by atoms with E-state index in [1.807, 2.05) is 11.8 Å². The van der Waals surface area contributed by atoms with Crippen molar-refractivity contribution in [3.05, 3.63) is 35.4 Å². The van der Waals surface area contributed by atoms with Crippen LogP contribution >= 0.6 is 0 Å². The Morgan fingerprint density at radius 2 is 2.05 bits per heavy atom. The van der Waals surface area contributed by atoms with Gasteiger partial charge in [0.2, 0.25) is 5.91 Å². The average molecular weight is 269 g/mol. The number of primary amides is 1. The van der Waals surface area contributed by atoms with Gasteiger partial charge in [0.15, 0.2) is 0 Å². The summed E-state index contributed by atoms with van der Waals surface area (Å²) in [6, 6.07) is 2.67. The highest BCUT2D eigenvalue weighted by Gasteiger charge is 2.31. The van der Waals surface area contributed by atoms with Crippen molar-refractivity contribution in [1.82, 2.24) is 10.2 Å². The first kappa shape index (κ1) is 13.9. The topological polar surface area (TPSA) is 58.4 Å². The summed E-state index contributed by atoms with van der Waals surface area (Å²) in [4.78, 5) is 13.3. The van der Waals surface area contributed by atoms with Crippen molar-refractivity contribution in [1.29, 1.82) is 0 Å². The van der Waals surface area contributed by atoms with Gasteiger partial charge in [0.05, 0.1) is 0 Å². The lowest BCUT2D eigenvalue weighted by atomic mass is 10.0. The first-order valence-corrected chi connectivity index (χ1v) is 6.21. The van der Waals surface area contributed by atoms with Gasteiger partial charge in [0, 0.05) is 31.7 Å². The van der Waals surface area contributed by atoms with Gasteiger partial charge in [0.1, 0.15) is 17.7 Å². The fraction of sp³-hybridized carbons (Fsp3) is 0.462. The molecule has 104 valence electrons. The molecule has 1 fully saturated rings. The number of rotatable bonds is 3. The minimum atomic E-state index is -0.618. The van der Waals surface area contributed by atoms with Crippen LogP contribution in [0.4, 0.5) is 8.78 Å². The molecule has 0 aromatic heterocycles. The lowest BCUT2D eigenvalue weighted by Gasteiger charge is -2.38. The molecule has 1 heterocycles. The van der Waals surface area contributed by atoms with Gasteiger partial charge in [-0.2, -0.15) is 0 Å². The van der Waals surface area contributed by atoms with Crippen LogP contribution in [0.5, 0.6) is 0 Å². The minimum Gasteiger partial charge on any atom is -0.368 e. The van der Waals surface area contributed by atoms with Gasteiger partial charge in [-0.1, -0.05) is 0 Å². The number of amides is 1. The number of carbonyl (C=O) groups excluding carboxylic acids is 1. The third-order valence-corrected chi connectivity index (χ3v) is 3.48. The van der Waals surface area contributed by atoms with E-state index < -0.39 is 23.6 Å². The van der Waals surface area contributed by atoms with Crippen LogP contribution in [0.1, 0.15) is 18.5 Å². The second-order valence-corrected chi connectivity index (χ2v) is 4.74. The van der Waals surface area contributed by atoms with E-state index in [0.717, 1.165) is 6.07 Å². The van der Waals surface area contributed by atoms with Gasteiger partial charge in [-0.25, -0.2) is 8.78 Å². The van der Waals surface area contributed by atoms with Crippen LogP contribution in [0.15, 0.2) is 18.2 Å². The first-order valence-electron chi connectivity index (χ1n) is 6.21. The number of nitrogens with two attached hydrogens (primary N) is 1. The predicted octanol–water partition coefficient (Wildman–Crippen LogP) is 0.785. The highest BCUT2D eigenvalue weighted by Crippen LogP contribution is 2.24. The number of nitrogens with zero attached hydrogens (tertiary/aromatic N) is 1. The first-order chi connectivity index (χ1) is 8.99. The Balaban J connectivity index is 2.25. The van der Waals surface area contributed by atoms with Crippen molar-refractivity contribution in [3.8, 4) is 0 Å². The van der Waals surface area contributed by atoms with Crippen molar-refractivity contribution in [2.24, 2.45) is 5.73 Å². The third kappa shape index (κ3) is 3.08. The highest BCUT2D eigenvalue weighted by molar-refractivity contribution is 5.80. The zero-order valence-corrected chi connectivity index (χ0v) is 10.7. The molecule has 2 rings (SSSR count). The lowest BCUT2D eigenvalue weighted by Crippen LogP contribution is -2.57. The lowest BCUT2D eigenvalue weighted by molar-refractivity contribution is -0.124. The van der Waals surface area contributed by atoms with Gasteiger partial charge >= 0.3 is 0 Å². The fourth-order valence-electron chi connectivity index (χ4n) is 2.46. The molecule has 1 saturated heterocycles. The predicted molar refractivity (Wildman–Crippen MR) is 67.3 cm³/mol. The van der Waals surface area contributed by atoms with Gasteiger partial charge in [0.25, 0.3) is 0 Å². The van der Waals surface area contributed by atoms with Crippen molar-refractivity contribution in [2.75, 3.05) is 19.6 Å². The molecule has 19 heavy (non-hydrogen) atoms. The Morgan fingerprint density at radius 3 is 2.63 bits per heavy atom. The van der Waals surface area contributed by atoms with Crippen LogP contribution in [-0.2, 0) is 4.79 Å². The SMILES string of the molecule is CC(c1cc(F)cc(F)c1)N1CCNCC1C(N)=O. The van der Waals surface area contributed by atoms with Crippen molar-refractivity contribution in [3.63, 3.8) is 0 Å². The molecule has 6 heteroatoms. The van der Waals surface area contributed by atoms with Gasteiger partial charge in [-0.05, 0) is 24.6 Å². The number of halogens is 2. The number of carbonyl (C=O) groups is 1. The molecule has 4 nitrogen and oxygen atoms in total. The van der Waals surface area contributed by atoms with Gasteiger partial charge in [-0.3, -0.25) is 9.69 Å². The van der Waals surface area contributed by atoms with Crippen LogP contribution in [0.25, 0.3) is 0 Å². The van der Waals surface area contributed by atoms with Crippen LogP contribution in [-0.4, -0.2) is 36.5 Å². The molecule has 0 radical (unpaired) electrons.